The van der Waals surface area contributed by atoms with Gasteiger partial charge in [0, 0.05) is 51.3 Å². The third-order valence-corrected chi connectivity index (χ3v) is 6.25. The number of imide groups is 1. The lowest BCUT2D eigenvalue weighted by Gasteiger charge is -2.28. The monoisotopic (exact) mass is 480 g/mol. The number of nitrogens with one attached hydrogen (secondary N) is 1. The molecule has 2 fully saturated rings. The SMILES string of the molecule is COc1ccc(C(=O)N2CCCN(Cc3ccc(C(=O)O)cc3)CC2)cc1N1CCC(=O)NC1=O. The second kappa shape index (κ2) is 10.6. The van der Waals surface area contributed by atoms with Crippen LogP contribution in [0.4, 0.5) is 10.5 Å². The molecule has 10 heteroatoms. The third-order valence-electron chi connectivity index (χ3n) is 6.25. The molecule has 2 heterocycles. The highest BCUT2D eigenvalue weighted by atomic mass is 16.5. The largest absolute Gasteiger partial charge is 0.495 e. The van der Waals surface area contributed by atoms with E-state index in [4.69, 9.17) is 9.84 Å². The zero-order chi connectivity index (χ0) is 24.9. The fourth-order valence-electron chi connectivity index (χ4n) is 4.35. The van der Waals surface area contributed by atoms with E-state index < -0.39 is 12.0 Å². The number of aromatic carboxylic acids is 1. The van der Waals surface area contributed by atoms with Crippen LogP contribution in [-0.2, 0) is 11.3 Å². The molecule has 184 valence electrons. The van der Waals surface area contributed by atoms with Gasteiger partial charge in [-0.2, -0.15) is 0 Å². The minimum Gasteiger partial charge on any atom is -0.495 e. The van der Waals surface area contributed by atoms with Crippen LogP contribution in [0, 0.1) is 0 Å². The van der Waals surface area contributed by atoms with Gasteiger partial charge < -0.3 is 14.7 Å². The molecule has 0 unspecified atom stereocenters. The molecule has 2 aromatic carbocycles. The van der Waals surface area contributed by atoms with Crippen molar-refractivity contribution in [3.8, 4) is 5.75 Å². The van der Waals surface area contributed by atoms with Crippen LogP contribution >= 0.6 is 0 Å². The van der Waals surface area contributed by atoms with Crippen molar-refractivity contribution < 1.29 is 29.0 Å². The molecule has 2 aliphatic heterocycles. The summed E-state index contributed by atoms with van der Waals surface area (Å²) in [6.45, 7) is 3.55. The summed E-state index contributed by atoms with van der Waals surface area (Å²) < 4.78 is 5.39. The van der Waals surface area contributed by atoms with Crippen molar-refractivity contribution in [2.75, 3.05) is 44.7 Å². The van der Waals surface area contributed by atoms with Crippen LogP contribution < -0.4 is 15.0 Å². The maximum atomic E-state index is 13.3. The predicted octanol–water partition coefficient (Wildman–Crippen LogP) is 2.19. The van der Waals surface area contributed by atoms with E-state index in [1.54, 1.807) is 35.2 Å². The smallest absolute Gasteiger partial charge is 0.335 e. The van der Waals surface area contributed by atoms with Gasteiger partial charge in [-0.1, -0.05) is 12.1 Å². The maximum absolute atomic E-state index is 13.3. The Morgan fingerprint density at radius 2 is 1.71 bits per heavy atom. The lowest BCUT2D eigenvalue weighted by molar-refractivity contribution is -0.120. The van der Waals surface area contributed by atoms with Crippen LogP contribution in [0.1, 0.15) is 39.1 Å². The number of hydrogen-bond acceptors (Lipinski definition) is 6. The number of carbonyl (C=O) groups excluding carboxylic acids is 3. The molecule has 2 N–H and O–H groups in total. The first-order valence-corrected chi connectivity index (χ1v) is 11.5. The molecule has 0 bridgehead atoms. The highest BCUT2D eigenvalue weighted by molar-refractivity contribution is 6.07. The van der Waals surface area contributed by atoms with E-state index in [1.165, 1.54) is 12.0 Å². The molecule has 0 atom stereocenters. The Labute approximate surface area is 203 Å². The molecular weight excluding hydrogens is 452 g/mol. The van der Waals surface area contributed by atoms with E-state index >= 15 is 0 Å². The zero-order valence-corrected chi connectivity index (χ0v) is 19.5. The molecule has 35 heavy (non-hydrogen) atoms. The Morgan fingerprint density at radius 3 is 2.40 bits per heavy atom. The van der Waals surface area contributed by atoms with E-state index in [-0.39, 0.29) is 30.3 Å². The number of methoxy groups -OCH3 is 1. The second-order valence-corrected chi connectivity index (χ2v) is 8.57. The van der Waals surface area contributed by atoms with Crippen LogP contribution in [0.25, 0.3) is 0 Å². The number of anilines is 1. The zero-order valence-electron chi connectivity index (χ0n) is 19.5. The third kappa shape index (κ3) is 5.60. The van der Waals surface area contributed by atoms with Crippen LogP contribution in [0.15, 0.2) is 42.5 Å². The first-order valence-electron chi connectivity index (χ1n) is 11.5. The summed E-state index contributed by atoms with van der Waals surface area (Å²) in [5.74, 6) is -0.960. The Kier molecular flexibility index (Phi) is 7.31. The summed E-state index contributed by atoms with van der Waals surface area (Å²) in [5, 5.41) is 11.4. The molecule has 0 aromatic heterocycles. The number of carboxylic acid groups (broad SMARTS) is 1. The first-order chi connectivity index (χ1) is 16.9. The topological polar surface area (TPSA) is 119 Å². The van der Waals surface area contributed by atoms with E-state index in [2.05, 4.69) is 10.2 Å². The molecule has 2 saturated heterocycles. The van der Waals surface area contributed by atoms with Gasteiger partial charge in [0.05, 0.1) is 18.4 Å². The molecule has 4 rings (SSSR count). The highest BCUT2D eigenvalue weighted by Gasteiger charge is 2.28. The standard InChI is InChI=1S/C25H28N4O6/c1-35-21-8-7-19(15-20(21)29-12-9-22(30)26-25(29)34)23(31)28-11-2-10-27(13-14-28)16-17-3-5-18(6-4-17)24(32)33/h3-8,15H,2,9-14,16H2,1H3,(H,32,33)(H,26,30,34). The molecule has 0 aliphatic carbocycles. The van der Waals surface area contributed by atoms with Crippen molar-refractivity contribution in [2.45, 2.75) is 19.4 Å². The van der Waals surface area contributed by atoms with Crippen molar-refractivity contribution in [3.05, 3.63) is 59.2 Å². The average molecular weight is 481 g/mol. The lowest BCUT2D eigenvalue weighted by atomic mass is 10.1. The van der Waals surface area contributed by atoms with Gasteiger partial charge in [0.1, 0.15) is 5.75 Å². The summed E-state index contributed by atoms with van der Waals surface area (Å²) in [5.41, 5.74) is 2.18. The van der Waals surface area contributed by atoms with Gasteiger partial charge >= 0.3 is 12.0 Å². The van der Waals surface area contributed by atoms with Gasteiger partial charge in [-0.25, -0.2) is 9.59 Å². The van der Waals surface area contributed by atoms with E-state index in [0.717, 1.165) is 18.5 Å². The highest BCUT2D eigenvalue weighted by Crippen LogP contribution is 2.31. The lowest BCUT2D eigenvalue weighted by Crippen LogP contribution is -2.49. The van der Waals surface area contributed by atoms with Crippen LogP contribution in [0.5, 0.6) is 5.75 Å². The Bertz CT molecular complexity index is 1130. The summed E-state index contributed by atoms with van der Waals surface area (Å²) in [6.07, 6.45) is 0.979. The number of hydrogen-bond donors (Lipinski definition) is 2. The van der Waals surface area contributed by atoms with Crippen LogP contribution in [-0.4, -0.2) is 78.6 Å². The summed E-state index contributed by atoms with van der Waals surface area (Å²) in [4.78, 5) is 53.7. The van der Waals surface area contributed by atoms with Crippen LogP contribution in [0.3, 0.4) is 0 Å². The fraction of sp³-hybridized carbons (Fsp3) is 0.360. The summed E-state index contributed by atoms with van der Waals surface area (Å²) >= 11 is 0. The fourth-order valence-corrected chi connectivity index (χ4v) is 4.35. The Hall–Kier alpha value is -3.92. The van der Waals surface area contributed by atoms with Gasteiger partial charge in [-0.15, -0.1) is 0 Å². The number of benzene rings is 2. The minimum absolute atomic E-state index is 0.130. The molecule has 0 saturated carbocycles. The number of nitrogens with zero attached hydrogens (tertiary/aromatic N) is 3. The number of ether oxygens (including phenoxy) is 1. The number of rotatable bonds is 6. The molecule has 10 nitrogen and oxygen atoms in total. The van der Waals surface area contributed by atoms with Gasteiger partial charge in [0.2, 0.25) is 5.91 Å². The van der Waals surface area contributed by atoms with Crippen molar-refractivity contribution >= 4 is 29.5 Å². The average Bonchev–Trinajstić information content (AvgIpc) is 3.09. The van der Waals surface area contributed by atoms with E-state index in [0.29, 0.717) is 43.2 Å². The van der Waals surface area contributed by atoms with Crippen molar-refractivity contribution in [1.29, 1.82) is 0 Å². The maximum Gasteiger partial charge on any atom is 0.335 e. The van der Waals surface area contributed by atoms with Crippen molar-refractivity contribution in [2.24, 2.45) is 0 Å². The Balaban J connectivity index is 1.43. The molecule has 0 spiro atoms. The summed E-state index contributed by atoms with van der Waals surface area (Å²) in [7, 11) is 1.49. The van der Waals surface area contributed by atoms with Gasteiger partial charge in [-0.05, 0) is 42.3 Å². The number of carbonyl (C=O) groups is 4. The van der Waals surface area contributed by atoms with E-state index in [1.807, 2.05) is 12.1 Å². The van der Waals surface area contributed by atoms with E-state index in [9.17, 15) is 19.2 Å². The van der Waals surface area contributed by atoms with Gasteiger partial charge in [0.15, 0.2) is 0 Å². The molecule has 2 aliphatic rings. The van der Waals surface area contributed by atoms with Crippen molar-refractivity contribution in [1.82, 2.24) is 15.1 Å². The first kappa shape index (κ1) is 24.2. The molecule has 0 radical (unpaired) electrons. The van der Waals surface area contributed by atoms with Crippen molar-refractivity contribution in [3.63, 3.8) is 0 Å². The number of carboxylic acids is 1. The molecule has 2 aromatic rings. The number of amides is 4. The second-order valence-electron chi connectivity index (χ2n) is 8.57. The van der Waals surface area contributed by atoms with Gasteiger partial charge in [0.25, 0.3) is 5.91 Å². The normalized spacial score (nSPS) is 17.1. The number of urea groups is 1. The quantitative estimate of drug-likeness (QED) is 0.650. The molecule has 4 amide bonds. The van der Waals surface area contributed by atoms with Gasteiger partial charge in [-0.3, -0.25) is 24.7 Å². The summed E-state index contributed by atoms with van der Waals surface area (Å²) in [6, 6.07) is 11.3. The minimum atomic E-state index is -0.948. The molecular formula is C25H28N4O6. The Morgan fingerprint density at radius 1 is 0.971 bits per heavy atom. The predicted molar refractivity (Wildman–Crippen MR) is 128 cm³/mol. The van der Waals surface area contributed by atoms with Crippen LogP contribution in [0.2, 0.25) is 0 Å².